The van der Waals surface area contributed by atoms with Crippen LogP contribution in [0.4, 0.5) is 0 Å². The van der Waals surface area contributed by atoms with E-state index in [0.717, 1.165) is 32.2 Å². The summed E-state index contributed by atoms with van der Waals surface area (Å²) in [4.78, 5) is 39.1. The first-order valence-electron chi connectivity index (χ1n) is 8.87. The second-order valence-electron chi connectivity index (χ2n) is 7.07. The second kappa shape index (κ2) is 8.14. The Hall–Kier alpha value is -0.990. The first-order chi connectivity index (χ1) is 11.5. The Morgan fingerprint density at radius 1 is 1.48 bits per heavy atom. The number of halogens is 1. The standard InChI is InChI=1S/C16H26N4O3S.ClH/c1-2-3-6-16(19-14(22)10-5-4-7-18-10)8-12-20(15(16)23)11(9-24-12)13(17)21;/h10-12,18H,2-9H2,1H3,(H2,17,21)(H,19,22);1H/t10-,11+,12+,16+;/m0./s1. The van der Waals surface area contributed by atoms with E-state index >= 15 is 0 Å². The van der Waals surface area contributed by atoms with Crippen LogP contribution in [0.2, 0.25) is 0 Å². The fourth-order valence-electron chi connectivity index (χ4n) is 4.04. The van der Waals surface area contributed by atoms with Crippen LogP contribution >= 0.6 is 11.8 Å². The van der Waals surface area contributed by atoms with Gasteiger partial charge in [-0.25, -0.2) is 0 Å². The molecule has 4 atom stereocenters. The molecule has 0 aliphatic carbocycles. The van der Waals surface area contributed by atoms with Gasteiger partial charge < -0.3 is 33.7 Å². The lowest BCUT2D eigenvalue weighted by atomic mass is 9.90. The Labute approximate surface area is 158 Å². The van der Waals surface area contributed by atoms with Crippen LogP contribution in [0.15, 0.2) is 0 Å². The number of thioether (sulfide) groups is 1. The topological polar surface area (TPSA) is 109 Å². The lowest BCUT2D eigenvalue weighted by Crippen LogP contribution is -3.00. The number of fused-ring (bicyclic) bond motifs is 1. The summed E-state index contributed by atoms with van der Waals surface area (Å²) in [6.45, 7) is 3.03. The van der Waals surface area contributed by atoms with E-state index in [-0.39, 0.29) is 35.6 Å². The average Bonchev–Trinajstić information content (AvgIpc) is 3.24. The van der Waals surface area contributed by atoms with Crippen LogP contribution in [-0.4, -0.2) is 57.9 Å². The summed E-state index contributed by atoms with van der Waals surface area (Å²) >= 11 is 1.59. The maximum Gasteiger partial charge on any atom is 0.279 e. The highest BCUT2D eigenvalue weighted by molar-refractivity contribution is 8.00. The number of unbranched alkanes of at least 4 members (excludes halogenated alkanes) is 1. The SMILES string of the molecule is CCCC[C@@]1(NC(=O)[C@@H]2CCC[NH2+]2)C[C@H]2SC[C@H](C(N)=O)N2C1=O.[Cl-]. The van der Waals surface area contributed by atoms with Crippen LogP contribution in [0, 0.1) is 0 Å². The number of quaternary nitrogens is 1. The summed E-state index contributed by atoms with van der Waals surface area (Å²) in [7, 11) is 0. The van der Waals surface area contributed by atoms with Gasteiger partial charge in [-0.3, -0.25) is 14.4 Å². The van der Waals surface area contributed by atoms with Gasteiger partial charge in [0.1, 0.15) is 11.6 Å². The molecule has 0 aromatic heterocycles. The molecule has 3 heterocycles. The Morgan fingerprint density at radius 3 is 2.84 bits per heavy atom. The van der Waals surface area contributed by atoms with Gasteiger partial charge in [-0.05, 0) is 6.42 Å². The summed E-state index contributed by atoms with van der Waals surface area (Å²) in [5.41, 5.74) is 4.60. The van der Waals surface area contributed by atoms with Crippen molar-refractivity contribution in [2.45, 2.75) is 68.4 Å². The zero-order valence-electron chi connectivity index (χ0n) is 14.5. The van der Waals surface area contributed by atoms with E-state index in [2.05, 4.69) is 12.2 Å². The molecule has 0 unspecified atom stereocenters. The number of hydrogen-bond acceptors (Lipinski definition) is 4. The predicted octanol–water partition coefficient (Wildman–Crippen LogP) is -4.08. The Morgan fingerprint density at radius 2 is 2.24 bits per heavy atom. The highest BCUT2D eigenvalue weighted by Gasteiger charge is 2.58. The van der Waals surface area contributed by atoms with Crippen molar-refractivity contribution in [3.63, 3.8) is 0 Å². The highest BCUT2D eigenvalue weighted by atomic mass is 35.5. The van der Waals surface area contributed by atoms with Gasteiger partial charge in [0.25, 0.3) is 5.91 Å². The molecule has 3 saturated heterocycles. The van der Waals surface area contributed by atoms with Crippen molar-refractivity contribution in [1.29, 1.82) is 0 Å². The van der Waals surface area contributed by atoms with E-state index < -0.39 is 17.5 Å². The second-order valence-corrected chi connectivity index (χ2v) is 8.28. The zero-order chi connectivity index (χ0) is 17.3. The van der Waals surface area contributed by atoms with Crippen molar-refractivity contribution in [2.24, 2.45) is 5.73 Å². The molecule has 0 radical (unpaired) electrons. The van der Waals surface area contributed by atoms with Crippen LogP contribution in [-0.2, 0) is 14.4 Å². The molecule has 3 amide bonds. The third kappa shape index (κ3) is 3.75. The average molecular weight is 391 g/mol. The molecular weight excluding hydrogens is 364 g/mol. The fraction of sp³-hybridized carbons (Fsp3) is 0.812. The van der Waals surface area contributed by atoms with Gasteiger partial charge in [0.2, 0.25) is 11.8 Å². The molecule has 25 heavy (non-hydrogen) atoms. The number of carbonyl (C=O) groups excluding carboxylic acids is 3. The molecule has 3 aliphatic heterocycles. The molecule has 0 saturated carbocycles. The van der Waals surface area contributed by atoms with E-state index in [0.29, 0.717) is 18.6 Å². The third-order valence-electron chi connectivity index (χ3n) is 5.41. The van der Waals surface area contributed by atoms with Crippen LogP contribution in [0.1, 0.15) is 45.4 Å². The zero-order valence-corrected chi connectivity index (χ0v) is 16.1. The van der Waals surface area contributed by atoms with Crippen molar-refractivity contribution < 1.29 is 32.1 Å². The van der Waals surface area contributed by atoms with E-state index in [1.807, 2.05) is 5.32 Å². The molecule has 142 valence electrons. The number of nitrogens with zero attached hydrogens (tertiary/aromatic N) is 1. The summed E-state index contributed by atoms with van der Waals surface area (Å²) in [5.74, 6) is -0.0696. The van der Waals surface area contributed by atoms with E-state index in [1.165, 1.54) is 0 Å². The van der Waals surface area contributed by atoms with Gasteiger partial charge in [-0.15, -0.1) is 11.8 Å². The molecule has 0 aromatic rings. The van der Waals surface area contributed by atoms with Gasteiger partial charge in [0.05, 0.1) is 11.9 Å². The minimum absolute atomic E-state index is 0. The van der Waals surface area contributed by atoms with E-state index in [1.54, 1.807) is 16.7 Å². The van der Waals surface area contributed by atoms with Crippen molar-refractivity contribution >= 4 is 29.5 Å². The first kappa shape index (κ1) is 20.3. The number of primary amides is 1. The molecule has 9 heteroatoms. The largest absolute Gasteiger partial charge is 1.00 e. The van der Waals surface area contributed by atoms with Gasteiger partial charge >= 0.3 is 0 Å². The van der Waals surface area contributed by atoms with Crippen molar-refractivity contribution in [2.75, 3.05) is 12.3 Å². The molecule has 0 bridgehead atoms. The molecule has 3 rings (SSSR count). The van der Waals surface area contributed by atoms with Crippen molar-refractivity contribution in [1.82, 2.24) is 10.2 Å². The lowest BCUT2D eigenvalue weighted by molar-refractivity contribution is -0.657. The monoisotopic (exact) mass is 390 g/mol. The Bertz CT molecular complexity index is 543. The minimum Gasteiger partial charge on any atom is -1.00 e. The summed E-state index contributed by atoms with van der Waals surface area (Å²) in [6, 6.07) is -0.641. The Balaban J connectivity index is 0.00000225. The number of hydrogen-bond donors (Lipinski definition) is 3. The Kier molecular flexibility index (Phi) is 6.62. The molecular formula is C16H27ClN4O3S. The molecule has 3 aliphatic rings. The summed E-state index contributed by atoms with van der Waals surface area (Å²) in [6.07, 6.45) is 4.90. The van der Waals surface area contributed by atoms with Crippen LogP contribution < -0.4 is 28.8 Å². The van der Waals surface area contributed by atoms with E-state index in [4.69, 9.17) is 5.73 Å². The minimum atomic E-state index is -0.866. The normalized spacial score (nSPS) is 33.9. The molecule has 3 fully saturated rings. The van der Waals surface area contributed by atoms with Gasteiger partial charge in [-0.2, -0.15) is 0 Å². The maximum atomic E-state index is 13.2. The van der Waals surface area contributed by atoms with Gasteiger partial charge in [0, 0.05) is 25.0 Å². The molecule has 0 aromatic carbocycles. The molecule has 7 nitrogen and oxygen atoms in total. The van der Waals surface area contributed by atoms with Crippen LogP contribution in [0.25, 0.3) is 0 Å². The number of rotatable bonds is 6. The van der Waals surface area contributed by atoms with Crippen molar-refractivity contribution in [3.05, 3.63) is 0 Å². The van der Waals surface area contributed by atoms with Gasteiger partial charge in [-0.1, -0.05) is 19.8 Å². The first-order valence-corrected chi connectivity index (χ1v) is 9.92. The van der Waals surface area contributed by atoms with E-state index in [9.17, 15) is 14.4 Å². The van der Waals surface area contributed by atoms with Crippen LogP contribution in [0.3, 0.4) is 0 Å². The van der Waals surface area contributed by atoms with Crippen molar-refractivity contribution in [3.8, 4) is 0 Å². The predicted molar refractivity (Wildman–Crippen MR) is 90.9 cm³/mol. The molecule has 0 spiro atoms. The maximum absolute atomic E-state index is 13.2. The lowest BCUT2D eigenvalue weighted by Gasteiger charge is -2.30. The fourth-order valence-corrected chi connectivity index (χ4v) is 5.58. The van der Waals surface area contributed by atoms with Gasteiger partial charge in [0.15, 0.2) is 6.04 Å². The summed E-state index contributed by atoms with van der Waals surface area (Å²) in [5, 5.41) is 5.07. The number of amides is 3. The number of nitrogens with one attached hydrogen (secondary N) is 1. The smallest absolute Gasteiger partial charge is 0.279 e. The third-order valence-corrected chi connectivity index (χ3v) is 6.70. The number of carbonyl (C=O) groups is 3. The number of nitrogens with two attached hydrogens (primary N) is 2. The summed E-state index contributed by atoms with van der Waals surface area (Å²) < 4.78 is 0. The molecule has 5 N–H and O–H groups in total. The quantitative estimate of drug-likeness (QED) is 0.428. The highest BCUT2D eigenvalue weighted by Crippen LogP contribution is 2.44. The van der Waals surface area contributed by atoms with Crippen LogP contribution in [0.5, 0.6) is 0 Å².